The Balaban J connectivity index is 2.85. The summed E-state index contributed by atoms with van der Waals surface area (Å²) in [5, 5.41) is 0. The molecule has 0 bridgehead atoms. The van der Waals surface area contributed by atoms with Gasteiger partial charge in [0.1, 0.15) is 0 Å². The predicted molar refractivity (Wildman–Crippen MR) is 41.1 cm³/mol. The van der Waals surface area contributed by atoms with Gasteiger partial charge in [-0.1, -0.05) is 0 Å². The van der Waals surface area contributed by atoms with E-state index >= 15 is 0 Å². The van der Waals surface area contributed by atoms with Gasteiger partial charge in [-0.25, -0.2) is 0 Å². The average Bonchev–Trinajstić information content (AvgIpc) is 2.05. The normalized spacial score (nSPS) is 8.90. The summed E-state index contributed by atoms with van der Waals surface area (Å²) in [5.41, 5.74) is 0.683. The van der Waals surface area contributed by atoms with Crippen LogP contribution in [-0.4, -0.2) is 22.1 Å². The molecule has 0 unspecified atom stereocenters. The number of hydrogen-bond acceptors (Lipinski definition) is 1. The SMILES string of the molecule is O=C(N[SeH])c1ccccc1. The zero-order valence-electron chi connectivity index (χ0n) is 5.24. The van der Waals surface area contributed by atoms with Crippen molar-refractivity contribution in [3.63, 3.8) is 0 Å². The van der Waals surface area contributed by atoms with Crippen molar-refractivity contribution in [1.82, 2.24) is 4.33 Å². The first-order valence-electron chi connectivity index (χ1n) is 2.84. The Bertz CT molecular complexity index is 222. The second-order valence-electron chi connectivity index (χ2n) is 1.81. The molecule has 0 aliphatic heterocycles. The number of benzene rings is 1. The fourth-order valence-corrected chi connectivity index (χ4v) is 0.925. The predicted octanol–water partition coefficient (Wildman–Crippen LogP) is 0.232. The maximum atomic E-state index is 10.9. The van der Waals surface area contributed by atoms with E-state index in [-0.39, 0.29) is 5.91 Å². The molecule has 2 nitrogen and oxygen atoms in total. The van der Waals surface area contributed by atoms with Crippen LogP contribution in [-0.2, 0) is 0 Å². The second-order valence-corrected chi connectivity index (χ2v) is 2.28. The van der Waals surface area contributed by atoms with Crippen molar-refractivity contribution in [1.29, 1.82) is 0 Å². The molecule has 52 valence electrons. The summed E-state index contributed by atoms with van der Waals surface area (Å²) in [7, 11) is 0. The minimum absolute atomic E-state index is 0.0689. The third-order valence-corrected chi connectivity index (χ3v) is 1.56. The molecule has 0 saturated carbocycles. The molecule has 0 aliphatic carbocycles. The van der Waals surface area contributed by atoms with Crippen LogP contribution < -0.4 is 4.33 Å². The topological polar surface area (TPSA) is 29.1 Å². The monoisotopic (exact) mass is 201 g/mol. The van der Waals surface area contributed by atoms with Crippen molar-refractivity contribution < 1.29 is 4.79 Å². The first-order valence-corrected chi connectivity index (χ1v) is 3.78. The Morgan fingerprint density at radius 3 is 2.40 bits per heavy atom. The van der Waals surface area contributed by atoms with E-state index in [2.05, 4.69) is 4.33 Å². The van der Waals surface area contributed by atoms with Gasteiger partial charge in [-0.15, -0.1) is 0 Å². The van der Waals surface area contributed by atoms with E-state index in [0.29, 0.717) is 5.56 Å². The van der Waals surface area contributed by atoms with E-state index in [1.165, 1.54) is 0 Å². The molecule has 0 fully saturated rings. The molecule has 0 saturated heterocycles. The van der Waals surface area contributed by atoms with E-state index in [0.717, 1.165) is 0 Å². The Morgan fingerprint density at radius 2 is 1.90 bits per heavy atom. The molecule has 0 heterocycles. The van der Waals surface area contributed by atoms with Crippen LogP contribution >= 0.6 is 0 Å². The van der Waals surface area contributed by atoms with Crippen molar-refractivity contribution in [3.8, 4) is 0 Å². The van der Waals surface area contributed by atoms with E-state index in [4.69, 9.17) is 0 Å². The van der Waals surface area contributed by atoms with E-state index < -0.39 is 0 Å². The van der Waals surface area contributed by atoms with Gasteiger partial charge in [-0.3, -0.25) is 0 Å². The fraction of sp³-hybridized carbons (Fsp3) is 0. The first-order chi connectivity index (χ1) is 4.84. The summed E-state index contributed by atoms with van der Waals surface area (Å²) < 4.78 is 2.48. The van der Waals surface area contributed by atoms with Gasteiger partial charge in [-0.05, 0) is 0 Å². The van der Waals surface area contributed by atoms with Gasteiger partial charge in [0.25, 0.3) is 0 Å². The van der Waals surface area contributed by atoms with Gasteiger partial charge in [-0.2, -0.15) is 0 Å². The van der Waals surface area contributed by atoms with Gasteiger partial charge >= 0.3 is 67.2 Å². The number of carbonyl (C=O) groups is 1. The zero-order chi connectivity index (χ0) is 7.40. The Kier molecular flexibility index (Phi) is 2.49. The zero-order valence-corrected chi connectivity index (χ0v) is 7.12. The summed E-state index contributed by atoms with van der Waals surface area (Å²) in [5.74, 6) is -0.0689. The van der Waals surface area contributed by atoms with Crippen molar-refractivity contribution in [3.05, 3.63) is 35.9 Å². The Morgan fingerprint density at radius 1 is 1.30 bits per heavy atom. The molecular weight excluding hydrogens is 193 g/mol. The van der Waals surface area contributed by atoms with Crippen LogP contribution in [0.2, 0.25) is 0 Å². The maximum absolute atomic E-state index is 10.9. The van der Waals surface area contributed by atoms with Crippen LogP contribution in [0.25, 0.3) is 0 Å². The van der Waals surface area contributed by atoms with Gasteiger partial charge < -0.3 is 0 Å². The molecule has 0 aliphatic rings. The third-order valence-electron chi connectivity index (χ3n) is 1.14. The van der Waals surface area contributed by atoms with Crippen LogP contribution in [0.15, 0.2) is 30.3 Å². The molecule has 0 aromatic heterocycles. The number of carbonyl (C=O) groups excluding carboxylic acids is 1. The van der Waals surface area contributed by atoms with Crippen molar-refractivity contribution in [2.45, 2.75) is 0 Å². The van der Waals surface area contributed by atoms with Crippen molar-refractivity contribution in [2.24, 2.45) is 0 Å². The summed E-state index contributed by atoms with van der Waals surface area (Å²) in [6.45, 7) is 0. The molecule has 0 spiro atoms. The quantitative estimate of drug-likeness (QED) is 0.646. The number of rotatable bonds is 1. The summed E-state index contributed by atoms with van der Waals surface area (Å²) in [6, 6.07) is 9.07. The van der Waals surface area contributed by atoms with Crippen LogP contribution in [0.4, 0.5) is 0 Å². The van der Waals surface area contributed by atoms with Crippen LogP contribution in [0.3, 0.4) is 0 Å². The molecule has 0 radical (unpaired) electrons. The molecule has 3 heteroatoms. The fourth-order valence-electron chi connectivity index (χ4n) is 0.654. The van der Waals surface area contributed by atoms with Gasteiger partial charge in [0, 0.05) is 0 Å². The molecule has 1 amide bonds. The number of hydrogen-bond donors (Lipinski definition) is 1. The van der Waals surface area contributed by atoms with Crippen LogP contribution in [0, 0.1) is 0 Å². The van der Waals surface area contributed by atoms with Gasteiger partial charge in [0.2, 0.25) is 0 Å². The molecule has 1 N–H and O–H groups in total. The number of nitrogens with one attached hydrogen (secondary N) is 1. The molecule has 1 rings (SSSR count). The van der Waals surface area contributed by atoms with E-state index in [1.807, 2.05) is 34.4 Å². The molecule has 0 atom stereocenters. The summed E-state index contributed by atoms with van der Waals surface area (Å²) in [4.78, 5) is 10.9. The van der Waals surface area contributed by atoms with Crippen LogP contribution in [0.5, 0.6) is 0 Å². The van der Waals surface area contributed by atoms with E-state index in [9.17, 15) is 4.79 Å². The van der Waals surface area contributed by atoms with Crippen LogP contribution in [0.1, 0.15) is 10.4 Å². The molecular formula is C7H7NOSe. The number of amides is 1. The third kappa shape index (κ3) is 1.59. The standard InChI is InChI=1S/C7H7NOSe/c9-7(8-10)6-4-2-1-3-5-6/h1-5,10H,(H,8,9). The first kappa shape index (κ1) is 7.32. The average molecular weight is 200 g/mol. The summed E-state index contributed by atoms with van der Waals surface area (Å²) >= 11 is 2.03. The summed E-state index contributed by atoms with van der Waals surface area (Å²) in [6.07, 6.45) is 0. The van der Waals surface area contributed by atoms with Crippen molar-refractivity contribution >= 4 is 22.1 Å². The van der Waals surface area contributed by atoms with E-state index in [1.54, 1.807) is 12.1 Å². The van der Waals surface area contributed by atoms with Gasteiger partial charge in [0.15, 0.2) is 0 Å². The Hall–Kier alpha value is -0.791. The molecule has 1 aromatic rings. The molecule has 1 aromatic carbocycles. The Labute approximate surface area is 67.7 Å². The second kappa shape index (κ2) is 3.40. The molecule has 10 heavy (non-hydrogen) atoms. The van der Waals surface area contributed by atoms with Crippen molar-refractivity contribution in [2.75, 3.05) is 0 Å². The minimum atomic E-state index is -0.0689. The van der Waals surface area contributed by atoms with Gasteiger partial charge in [0.05, 0.1) is 0 Å².